The molecular formula is C19H18N4OS. The van der Waals surface area contributed by atoms with Crippen LogP contribution in [0.15, 0.2) is 58.8 Å². The molecule has 0 unspecified atom stereocenters. The first-order chi connectivity index (χ1) is 12.1. The molecule has 0 spiro atoms. The van der Waals surface area contributed by atoms with Gasteiger partial charge in [0.15, 0.2) is 0 Å². The van der Waals surface area contributed by atoms with Crippen LogP contribution in [0.2, 0.25) is 0 Å². The topological polar surface area (TPSA) is 67.2 Å². The van der Waals surface area contributed by atoms with E-state index in [1.807, 2.05) is 44.2 Å². The van der Waals surface area contributed by atoms with E-state index in [0.717, 1.165) is 27.1 Å². The van der Waals surface area contributed by atoms with E-state index in [-0.39, 0.29) is 11.7 Å². The number of aryl methyl sites for hydroxylation is 2. The first kappa shape index (κ1) is 17.1. The molecule has 0 saturated carbocycles. The van der Waals surface area contributed by atoms with E-state index in [1.165, 1.54) is 17.3 Å². The van der Waals surface area contributed by atoms with Crippen molar-refractivity contribution in [1.29, 1.82) is 0 Å². The second-order valence-electron chi connectivity index (χ2n) is 5.65. The highest BCUT2D eigenvalue weighted by Gasteiger charge is 2.08. The lowest BCUT2D eigenvalue weighted by Gasteiger charge is -2.08. The number of benzene rings is 1. The molecule has 3 aromatic rings. The Labute approximate surface area is 150 Å². The number of thioether (sulfide) groups is 1. The molecule has 6 heteroatoms. The van der Waals surface area contributed by atoms with Crippen LogP contribution in [0, 0.1) is 13.8 Å². The number of rotatable bonds is 5. The Balaban J connectivity index is 1.65. The number of amides is 1. The maximum atomic E-state index is 12.0. The minimum absolute atomic E-state index is 0.152. The first-order valence-corrected chi connectivity index (χ1v) is 8.83. The van der Waals surface area contributed by atoms with Gasteiger partial charge in [0, 0.05) is 33.9 Å². The Morgan fingerprint density at radius 2 is 2.16 bits per heavy atom. The number of hydrazone groups is 1. The molecule has 2 aromatic heterocycles. The summed E-state index contributed by atoms with van der Waals surface area (Å²) in [5, 5.41) is 5.03. The molecule has 2 heterocycles. The van der Waals surface area contributed by atoms with Gasteiger partial charge in [0.25, 0.3) is 0 Å². The molecule has 0 atom stereocenters. The summed E-state index contributed by atoms with van der Waals surface area (Å²) in [6.07, 6.45) is 4.94. The summed E-state index contributed by atoms with van der Waals surface area (Å²) in [5.74, 6) is 0.136. The van der Waals surface area contributed by atoms with Gasteiger partial charge in [-0.05, 0) is 38.1 Å². The van der Waals surface area contributed by atoms with Crippen molar-refractivity contribution in [3.63, 3.8) is 0 Å². The molecule has 5 nitrogen and oxygen atoms in total. The minimum Gasteiger partial charge on any atom is -0.272 e. The summed E-state index contributed by atoms with van der Waals surface area (Å²) >= 11 is 1.49. The van der Waals surface area contributed by atoms with Gasteiger partial charge in [-0.2, -0.15) is 5.10 Å². The number of fused-ring (bicyclic) bond motifs is 1. The van der Waals surface area contributed by atoms with E-state index in [2.05, 4.69) is 26.6 Å². The zero-order valence-corrected chi connectivity index (χ0v) is 14.9. The Bertz CT molecular complexity index is 925. The van der Waals surface area contributed by atoms with Gasteiger partial charge in [0.1, 0.15) is 0 Å². The maximum Gasteiger partial charge on any atom is 0.250 e. The van der Waals surface area contributed by atoms with Crippen LogP contribution >= 0.6 is 11.8 Å². The molecule has 126 valence electrons. The number of aromatic nitrogens is 2. The number of nitrogens with one attached hydrogen (secondary N) is 1. The van der Waals surface area contributed by atoms with Gasteiger partial charge in [-0.15, -0.1) is 11.8 Å². The number of pyridine rings is 2. The molecule has 1 amide bonds. The summed E-state index contributed by atoms with van der Waals surface area (Å²) < 4.78 is 0. The SMILES string of the molecule is Cc1ccc2nc(C)cc(SCC(=O)N/N=C\c3cccnc3)c2c1. The molecule has 0 bridgehead atoms. The Hall–Kier alpha value is -2.73. The van der Waals surface area contributed by atoms with Crippen molar-refractivity contribution < 1.29 is 4.79 Å². The minimum atomic E-state index is -0.152. The quantitative estimate of drug-likeness (QED) is 0.434. The summed E-state index contributed by atoms with van der Waals surface area (Å²) in [5.41, 5.74) is 6.43. The van der Waals surface area contributed by atoms with Gasteiger partial charge >= 0.3 is 0 Å². The Kier molecular flexibility index (Phi) is 5.40. The second kappa shape index (κ2) is 7.90. The van der Waals surface area contributed by atoms with Crippen molar-refractivity contribution in [2.45, 2.75) is 18.7 Å². The van der Waals surface area contributed by atoms with Gasteiger partial charge in [-0.3, -0.25) is 14.8 Å². The molecule has 0 aliphatic carbocycles. The third-order valence-corrected chi connectivity index (χ3v) is 4.56. The predicted molar refractivity (Wildman–Crippen MR) is 102 cm³/mol. The second-order valence-corrected chi connectivity index (χ2v) is 6.67. The Morgan fingerprint density at radius 3 is 2.96 bits per heavy atom. The molecule has 1 N–H and O–H groups in total. The fraction of sp³-hybridized carbons (Fsp3) is 0.158. The average molecular weight is 350 g/mol. The first-order valence-electron chi connectivity index (χ1n) is 7.84. The average Bonchev–Trinajstić information content (AvgIpc) is 2.61. The van der Waals surface area contributed by atoms with Gasteiger partial charge < -0.3 is 0 Å². The predicted octanol–water partition coefficient (Wildman–Crippen LogP) is 3.49. The molecule has 0 aliphatic rings. The highest BCUT2D eigenvalue weighted by atomic mass is 32.2. The fourth-order valence-corrected chi connectivity index (χ4v) is 3.28. The molecule has 0 saturated heterocycles. The molecule has 1 aromatic carbocycles. The van der Waals surface area contributed by atoms with E-state index in [4.69, 9.17) is 0 Å². The third-order valence-electron chi connectivity index (χ3n) is 3.50. The summed E-state index contributed by atoms with van der Waals surface area (Å²) in [6.45, 7) is 4.01. The van der Waals surface area contributed by atoms with Crippen molar-refractivity contribution in [2.75, 3.05) is 5.75 Å². The van der Waals surface area contributed by atoms with E-state index in [0.29, 0.717) is 0 Å². The van der Waals surface area contributed by atoms with Crippen LogP contribution in [0.25, 0.3) is 10.9 Å². The van der Waals surface area contributed by atoms with Gasteiger partial charge in [-0.1, -0.05) is 17.7 Å². The van der Waals surface area contributed by atoms with E-state index in [1.54, 1.807) is 18.6 Å². The lowest BCUT2D eigenvalue weighted by molar-refractivity contribution is -0.118. The van der Waals surface area contributed by atoms with Crippen LogP contribution in [0.5, 0.6) is 0 Å². The van der Waals surface area contributed by atoms with E-state index >= 15 is 0 Å². The zero-order valence-electron chi connectivity index (χ0n) is 14.1. The van der Waals surface area contributed by atoms with Crippen molar-refractivity contribution in [3.05, 3.63) is 65.6 Å². The number of carbonyl (C=O) groups excluding carboxylic acids is 1. The van der Waals surface area contributed by atoms with Crippen LogP contribution in [0.1, 0.15) is 16.8 Å². The standard InChI is InChI=1S/C19H18N4OS/c1-13-5-6-17-16(8-13)18(9-14(2)22-17)25-12-19(24)23-21-11-15-4-3-7-20-10-15/h3-11H,12H2,1-2H3,(H,23,24)/b21-11-. The van der Waals surface area contributed by atoms with Gasteiger partial charge in [0.05, 0.1) is 17.5 Å². The normalized spacial score (nSPS) is 11.1. The van der Waals surface area contributed by atoms with Crippen molar-refractivity contribution >= 4 is 34.8 Å². The van der Waals surface area contributed by atoms with Crippen LogP contribution in [-0.2, 0) is 4.79 Å². The summed E-state index contributed by atoms with van der Waals surface area (Å²) in [6, 6.07) is 11.9. The van der Waals surface area contributed by atoms with Crippen LogP contribution in [0.4, 0.5) is 0 Å². The molecule has 3 rings (SSSR count). The van der Waals surface area contributed by atoms with Crippen molar-refractivity contribution in [2.24, 2.45) is 5.10 Å². The van der Waals surface area contributed by atoms with Crippen LogP contribution in [0.3, 0.4) is 0 Å². The highest BCUT2D eigenvalue weighted by Crippen LogP contribution is 2.28. The van der Waals surface area contributed by atoms with E-state index < -0.39 is 0 Å². The molecule has 25 heavy (non-hydrogen) atoms. The number of nitrogens with zero attached hydrogens (tertiary/aromatic N) is 3. The molecule has 0 aliphatic heterocycles. The summed E-state index contributed by atoms with van der Waals surface area (Å²) in [4.78, 5) is 21.6. The van der Waals surface area contributed by atoms with E-state index in [9.17, 15) is 4.79 Å². The molecular weight excluding hydrogens is 332 g/mol. The van der Waals surface area contributed by atoms with Gasteiger partial charge in [0.2, 0.25) is 5.91 Å². The summed E-state index contributed by atoms with van der Waals surface area (Å²) in [7, 11) is 0. The largest absolute Gasteiger partial charge is 0.272 e. The smallest absolute Gasteiger partial charge is 0.250 e. The van der Waals surface area contributed by atoms with Crippen molar-refractivity contribution in [1.82, 2.24) is 15.4 Å². The lowest BCUT2D eigenvalue weighted by atomic mass is 10.1. The van der Waals surface area contributed by atoms with Crippen molar-refractivity contribution in [3.8, 4) is 0 Å². The number of hydrogen-bond acceptors (Lipinski definition) is 5. The highest BCUT2D eigenvalue weighted by molar-refractivity contribution is 8.00. The van der Waals surface area contributed by atoms with Gasteiger partial charge in [-0.25, -0.2) is 5.43 Å². The van der Waals surface area contributed by atoms with Crippen LogP contribution in [-0.4, -0.2) is 27.8 Å². The monoisotopic (exact) mass is 350 g/mol. The van der Waals surface area contributed by atoms with Crippen LogP contribution < -0.4 is 5.43 Å². The zero-order chi connectivity index (χ0) is 17.6. The number of hydrogen-bond donors (Lipinski definition) is 1. The Morgan fingerprint density at radius 1 is 1.28 bits per heavy atom. The molecule has 0 fully saturated rings. The maximum absolute atomic E-state index is 12.0. The lowest BCUT2D eigenvalue weighted by Crippen LogP contribution is -2.19. The third kappa shape index (κ3) is 4.64. The molecule has 0 radical (unpaired) electrons. The number of carbonyl (C=O) groups is 1. The fourth-order valence-electron chi connectivity index (χ4n) is 2.36.